The van der Waals surface area contributed by atoms with Crippen molar-refractivity contribution in [1.82, 2.24) is 5.32 Å². The zero-order valence-electron chi connectivity index (χ0n) is 28.4. The molecule has 7 nitrogen and oxygen atoms in total. The Morgan fingerprint density at radius 3 is 2.16 bits per heavy atom. The van der Waals surface area contributed by atoms with E-state index in [0.717, 1.165) is 29.6 Å². The van der Waals surface area contributed by atoms with Gasteiger partial charge in [0.1, 0.15) is 18.2 Å². The molecule has 0 aliphatic carbocycles. The van der Waals surface area contributed by atoms with Crippen LogP contribution in [-0.4, -0.2) is 47.3 Å². The predicted molar refractivity (Wildman–Crippen MR) is 176 cm³/mol. The number of aliphatic hydroxyl groups excluding tert-OH is 1. The van der Waals surface area contributed by atoms with Crippen LogP contribution in [-0.2, 0) is 30.3 Å². The van der Waals surface area contributed by atoms with Crippen LogP contribution in [0.15, 0.2) is 65.3 Å². The van der Waals surface area contributed by atoms with Crippen molar-refractivity contribution in [2.24, 2.45) is 29.6 Å². The molecule has 1 aliphatic rings. The van der Waals surface area contributed by atoms with Crippen molar-refractivity contribution in [1.29, 1.82) is 0 Å². The molecule has 0 fully saturated rings. The molecule has 7 heteroatoms. The Morgan fingerprint density at radius 1 is 0.955 bits per heavy atom. The van der Waals surface area contributed by atoms with E-state index in [9.17, 15) is 19.5 Å². The van der Waals surface area contributed by atoms with Crippen LogP contribution in [0, 0.1) is 29.6 Å². The van der Waals surface area contributed by atoms with E-state index in [1.807, 2.05) is 77.1 Å². The van der Waals surface area contributed by atoms with Gasteiger partial charge in [-0.25, -0.2) is 4.79 Å². The third-order valence-electron chi connectivity index (χ3n) is 8.78. The quantitative estimate of drug-likeness (QED) is 0.262. The number of benzene rings is 1. The average molecular weight is 610 g/mol. The Bertz CT molecular complexity index is 1200. The lowest BCUT2D eigenvalue weighted by atomic mass is 9.84. The molecule has 0 radical (unpaired) electrons. The molecule has 1 aromatic carbocycles. The molecule has 2 rings (SSSR count). The van der Waals surface area contributed by atoms with Gasteiger partial charge in [0.15, 0.2) is 0 Å². The Labute approximate surface area is 265 Å². The summed E-state index contributed by atoms with van der Waals surface area (Å²) in [5, 5.41) is 14.1. The molecule has 0 spiro atoms. The number of ether oxygens (including phenoxy) is 2. The number of nitrogens with one attached hydrogen (secondary N) is 1. The molecular weight excluding hydrogens is 554 g/mol. The van der Waals surface area contributed by atoms with Gasteiger partial charge < -0.3 is 19.9 Å². The molecule has 244 valence electrons. The molecule has 1 amide bonds. The number of carbonyl (C=O) groups excluding carboxylic acids is 3. The van der Waals surface area contributed by atoms with Crippen LogP contribution in [0.1, 0.15) is 87.6 Å². The lowest BCUT2D eigenvalue weighted by Crippen LogP contribution is -2.46. The number of esters is 2. The first-order chi connectivity index (χ1) is 20.6. The van der Waals surface area contributed by atoms with Crippen molar-refractivity contribution in [3.63, 3.8) is 0 Å². The molecule has 0 saturated carbocycles. The second-order valence-electron chi connectivity index (χ2n) is 13.1. The van der Waals surface area contributed by atoms with Crippen LogP contribution >= 0.6 is 0 Å². The SMILES string of the molecule is CCC(C)CC(C)C1OC(=O)C(Cc2ccccc2)NC(=O)C(C)=CC(C)C(O)C(C)=CC(C)C(OC(C)=O)C(C)=CC1C. The number of hydrogen-bond acceptors (Lipinski definition) is 6. The Kier molecular flexibility index (Phi) is 14.6. The number of carbonyl (C=O) groups is 3. The summed E-state index contributed by atoms with van der Waals surface area (Å²) in [6.45, 7) is 19.1. The Balaban J connectivity index is 2.68. The minimum Gasteiger partial charge on any atom is -0.460 e. The van der Waals surface area contributed by atoms with Crippen molar-refractivity contribution in [2.75, 3.05) is 0 Å². The zero-order valence-corrected chi connectivity index (χ0v) is 28.4. The van der Waals surface area contributed by atoms with Crippen LogP contribution < -0.4 is 5.32 Å². The van der Waals surface area contributed by atoms with E-state index < -0.39 is 36.3 Å². The average Bonchev–Trinajstić information content (AvgIpc) is 2.96. The molecule has 44 heavy (non-hydrogen) atoms. The number of aliphatic hydroxyl groups is 1. The largest absolute Gasteiger partial charge is 0.460 e. The molecule has 9 unspecified atom stereocenters. The second-order valence-corrected chi connectivity index (χ2v) is 13.1. The Hall–Kier alpha value is -3.19. The molecule has 0 bridgehead atoms. The molecule has 1 heterocycles. The van der Waals surface area contributed by atoms with E-state index in [-0.39, 0.29) is 36.0 Å². The van der Waals surface area contributed by atoms with Gasteiger partial charge in [0.25, 0.3) is 0 Å². The maximum atomic E-state index is 13.9. The monoisotopic (exact) mass is 609 g/mol. The lowest BCUT2D eigenvalue weighted by molar-refractivity contribution is -0.157. The normalized spacial score (nSPS) is 29.2. The third kappa shape index (κ3) is 11.1. The summed E-state index contributed by atoms with van der Waals surface area (Å²) in [7, 11) is 0. The first kappa shape index (κ1) is 37.0. The Morgan fingerprint density at radius 2 is 1.57 bits per heavy atom. The van der Waals surface area contributed by atoms with Crippen molar-refractivity contribution < 1.29 is 29.0 Å². The summed E-state index contributed by atoms with van der Waals surface area (Å²) in [6, 6.07) is 8.65. The molecule has 1 aromatic rings. The molecule has 0 aromatic heterocycles. The van der Waals surface area contributed by atoms with E-state index in [1.54, 1.807) is 13.0 Å². The van der Waals surface area contributed by atoms with Gasteiger partial charge in [-0.1, -0.05) is 96.5 Å². The van der Waals surface area contributed by atoms with Crippen molar-refractivity contribution in [3.05, 3.63) is 70.8 Å². The first-order valence-corrected chi connectivity index (χ1v) is 16.1. The maximum absolute atomic E-state index is 13.9. The summed E-state index contributed by atoms with van der Waals surface area (Å²) >= 11 is 0. The highest BCUT2D eigenvalue weighted by Crippen LogP contribution is 2.30. The highest BCUT2D eigenvalue weighted by molar-refractivity contribution is 5.95. The summed E-state index contributed by atoms with van der Waals surface area (Å²) in [4.78, 5) is 39.5. The highest BCUT2D eigenvalue weighted by atomic mass is 16.5. The second kappa shape index (κ2) is 17.3. The summed E-state index contributed by atoms with van der Waals surface area (Å²) in [6.07, 6.45) is 5.95. The number of rotatable bonds is 7. The summed E-state index contributed by atoms with van der Waals surface area (Å²) in [5.74, 6) is -1.62. The van der Waals surface area contributed by atoms with Crippen LogP contribution in [0.4, 0.5) is 0 Å². The van der Waals surface area contributed by atoms with Crippen molar-refractivity contribution in [3.8, 4) is 0 Å². The zero-order chi connectivity index (χ0) is 33.1. The van der Waals surface area contributed by atoms with Gasteiger partial charge in [-0.3, -0.25) is 9.59 Å². The fraction of sp³-hybridized carbons (Fsp3) is 0.595. The van der Waals surface area contributed by atoms with Crippen molar-refractivity contribution in [2.45, 2.75) is 113 Å². The number of amides is 1. The van der Waals surface area contributed by atoms with Crippen molar-refractivity contribution >= 4 is 17.8 Å². The van der Waals surface area contributed by atoms with Crippen LogP contribution in [0.2, 0.25) is 0 Å². The predicted octanol–water partition coefficient (Wildman–Crippen LogP) is 6.75. The smallest absolute Gasteiger partial charge is 0.329 e. The number of cyclic esters (lactones) is 1. The molecule has 1 aliphatic heterocycles. The third-order valence-corrected chi connectivity index (χ3v) is 8.78. The molecular formula is C37H55NO6. The van der Waals surface area contributed by atoms with E-state index in [1.165, 1.54) is 6.92 Å². The van der Waals surface area contributed by atoms with Gasteiger partial charge in [0, 0.05) is 36.7 Å². The van der Waals surface area contributed by atoms with E-state index in [2.05, 4.69) is 26.1 Å². The van der Waals surface area contributed by atoms with E-state index >= 15 is 0 Å². The van der Waals surface area contributed by atoms with Gasteiger partial charge in [0.2, 0.25) is 5.91 Å². The lowest BCUT2D eigenvalue weighted by Gasteiger charge is -2.32. The van der Waals surface area contributed by atoms with Gasteiger partial charge in [0.05, 0.1) is 6.10 Å². The number of hydrogen-bond donors (Lipinski definition) is 2. The fourth-order valence-electron chi connectivity index (χ4n) is 6.18. The van der Waals surface area contributed by atoms with Gasteiger partial charge >= 0.3 is 11.9 Å². The minimum absolute atomic E-state index is 0.0347. The van der Waals surface area contributed by atoms with Gasteiger partial charge in [-0.2, -0.15) is 0 Å². The summed E-state index contributed by atoms with van der Waals surface area (Å²) in [5.41, 5.74) is 2.87. The van der Waals surface area contributed by atoms with Gasteiger partial charge in [-0.05, 0) is 55.7 Å². The first-order valence-electron chi connectivity index (χ1n) is 16.1. The minimum atomic E-state index is -0.907. The fourth-order valence-corrected chi connectivity index (χ4v) is 6.18. The molecule has 9 atom stereocenters. The van der Waals surface area contributed by atoms with E-state index in [0.29, 0.717) is 11.5 Å². The summed E-state index contributed by atoms with van der Waals surface area (Å²) < 4.78 is 12.1. The highest BCUT2D eigenvalue weighted by Gasteiger charge is 2.33. The van der Waals surface area contributed by atoms with E-state index in [4.69, 9.17) is 9.47 Å². The maximum Gasteiger partial charge on any atom is 0.329 e. The van der Waals surface area contributed by atoms with Crippen LogP contribution in [0.25, 0.3) is 0 Å². The topological polar surface area (TPSA) is 102 Å². The van der Waals surface area contributed by atoms with Crippen LogP contribution in [0.3, 0.4) is 0 Å². The van der Waals surface area contributed by atoms with Crippen LogP contribution in [0.5, 0.6) is 0 Å². The van der Waals surface area contributed by atoms with Gasteiger partial charge in [-0.15, -0.1) is 0 Å². The standard InChI is InChI=1S/C37H55NO6/c1-11-22(2)17-25(5)35-28(8)20-27(7)34(43-30(10)39)26(6)18-23(3)33(40)24(4)19-29(9)36(41)38-32(37(42)44-35)21-31-15-13-12-14-16-31/h12-16,18-20,22,24-26,28,32-35,40H,11,17,21H2,1-10H3,(H,38,41). The molecule has 0 saturated heterocycles. The molecule has 2 N–H and O–H groups in total.